The van der Waals surface area contributed by atoms with E-state index in [-0.39, 0.29) is 23.8 Å². The van der Waals surface area contributed by atoms with E-state index in [0.717, 1.165) is 12.2 Å². The van der Waals surface area contributed by atoms with Gasteiger partial charge in [0.15, 0.2) is 18.1 Å². The fourth-order valence-corrected chi connectivity index (χ4v) is 2.93. The fraction of sp³-hybridized carbons (Fsp3) is 0.364. The minimum atomic E-state index is -0.647. The predicted molar refractivity (Wildman–Crippen MR) is 112 cm³/mol. The Kier molecular flexibility index (Phi) is 8.33. The van der Waals surface area contributed by atoms with Crippen LogP contribution in [0.1, 0.15) is 22.8 Å². The molecular formula is C22H28N2O5. The second kappa shape index (κ2) is 10.9. The highest BCUT2D eigenvalue weighted by Gasteiger charge is 2.18. The van der Waals surface area contributed by atoms with Crippen LogP contribution in [-0.2, 0) is 9.53 Å². The number of para-hydroxylation sites is 1. The average molecular weight is 400 g/mol. The Morgan fingerprint density at radius 3 is 2.48 bits per heavy atom. The zero-order chi connectivity index (χ0) is 21.2. The molecule has 0 saturated carbocycles. The Morgan fingerprint density at radius 2 is 1.83 bits per heavy atom. The van der Waals surface area contributed by atoms with Gasteiger partial charge in [0.05, 0.1) is 14.2 Å². The molecule has 0 spiro atoms. The van der Waals surface area contributed by atoms with Crippen molar-refractivity contribution in [1.82, 2.24) is 5.32 Å². The average Bonchev–Trinajstić information content (AvgIpc) is 2.74. The van der Waals surface area contributed by atoms with Crippen LogP contribution < -0.4 is 19.7 Å². The van der Waals surface area contributed by atoms with Crippen molar-refractivity contribution in [2.24, 2.45) is 0 Å². The van der Waals surface area contributed by atoms with Gasteiger partial charge in [-0.25, -0.2) is 4.79 Å². The molecule has 7 heteroatoms. The number of anilines is 1. The second-order valence-corrected chi connectivity index (χ2v) is 6.39. The van der Waals surface area contributed by atoms with E-state index < -0.39 is 5.97 Å². The molecule has 2 rings (SSSR count). The molecule has 0 aromatic heterocycles. The molecule has 0 aliphatic rings. The van der Waals surface area contributed by atoms with Gasteiger partial charge in [0.25, 0.3) is 5.91 Å². The number of benzene rings is 2. The first kappa shape index (κ1) is 22.1. The van der Waals surface area contributed by atoms with E-state index in [1.807, 2.05) is 25.1 Å². The van der Waals surface area contributed by atoms with E-state index in [1.165, 1.54) is 19.8 Å². The molecule has 0 unspecified atom stereocenters. The zero-order valence-electron chi connectivity index (χ0n) is 17.4. The van der Waals surface area contributed by atoms with Gasteiger partial charge in [0.1, 0.15) is 5.56 Å². The number of likely N-dealkylation sites (N-methyl/N-ethyl adjacent to an activating group) is 1. The van der Waals surface area contributed by atoms with Gasteiger partial charge < -0.3 is 24.4 Å². The maximum absolute atomic E-state index is 12.3. The molecule has 1 N–H and O–H groups in total. The SMILES string of the molecule is CCN(CCNC(=O)COC(=O)c1cccc(OC)c1OC)c1cccc(C)c1. The number of rotatable bonds is 10. The van der Waals surface area contributed by atoms with Crippen molar-refractivity contribution in [3.63, 3.8) is 0 Å². The van der Waals surface area contributed by atoms with E-state index in [4.69, 9.17) is 14.2 Å². The van der Waals surface area contributed by atoms with Gasteiger partial charge in [0.2, 0.25) is 0 Å². The highest BCUT2D eigenvalue weighted by atomic mass is 16.5. The zero-order valence-corrected chi connectivity index (χ0v) is 17.4. The molecule has 0 aliphatic heterocycles. The third-order valence-electron chi connectivity index (χ3n) is 4.41. The summed E-state index contributed by atoms with van der Waals surface area (Å²) in [6, 6.07) is 13.1. The van der Waals surface area contributed by atoms with Crippen molar-refractivity contribution < 1.29 is 23.8 Å². The van der Waals surface area contributed by atoms with Crippen molar-refractivity contribution in [3.8, 4) is 11.5 Å². The molecule has 7 nitrogen and oxygen atoms in total. The van der Waals surface area contributed by atoms with Gasteiger partial charge in [-0.3, -0.25) is 4.79 Å². The lowest BCUT2D eigenvalue weighted by molar-refractivity contribution is -0.124. The molecule has 156 valence electrons. The summed E-state index contributed by atoms with van der Waals surface area (Å²) in [5.41, 5.74) is 2.50. The Morgan fingerprint density at radius 1 is 1.07 bits per heavy atom. The first-order valence-corrected chi connectivity index (χ1v) is 9.46. The number of hydrogen-bond acceptors (Lipinski definition) is 6. The second-order valence-electron chi connectivity index (χ2n) is 6.39. The van der Waals surface area contributed by atoms with Gasteiger partial charge in [-0.15, -0.1) is 0 Å². The number of ether oxygens (including phenoxy) is 3. The number of amides is 1. The Balaban J connectivity index is 1.83. The van der Waals surface area contributed by atoms with Crippen LogP contribution in [0.4, 0.5) is 5.69 Å². The molecule has 0 heterocycles. The summed E-state index contributed by atoms with van der Waals surface area (Å²) in [5.74, 6) is -0.314. The molecule has 2 aromatic rings. The van der Waals surface area contributed by atoms with Crippen LogP contribution in [0.2, 0.25) is 0 Å². The van der Waals surface area contributed by atoms with Crippen molar-refractivity contribution in [2.45, 2.75) is 13.8 Å². The lowest BCUT2D eigenvalue weighted by Gasteiger charge is -2.23. The van der Waals surface area contributed by atoms with Gasteiger partial charge in [-0.1, -0.05) is 18.2 Å². The number of nitrogens with zero attached hydrogens (tertiary/aromatic N) is 1. The third-order valence-corrected chi connectivity index (χ3v) is 4.41. The summed E-state index contributed by atoms with van der Waals surface area (Å²) >= 11 is 0. The van der Waals surface area contributed by atoms with Crippen LogP contribution in [0.15, 0.2) is 42.5 Å². The molecule has 29 heavy (non-hydrogen) atoms. The molecule has 2 aromatic carbocycles. The summed E-state index contributed by atoms with van der Waals surface area (Å²) in [6.07, 6.45) is 0. The Labute approximate surface area is 171 Å². The maximum Gasteiger partial charge on any atom is 0.342 e. The fourth-order valence-electron chi connectivity index (χ4n) is 2.93. The van der Waals surface area contributed by atoms with Gasteiger partial charge in [0, 0.05) is 25.3 Å². The first-order chi connectivity index (χ1) is 14.0. The van der Waals surface area contributed by atoms with E-state index >= 15 is 0 Å². The Hall–Kier alpha value is -3.22. The number of esters is 1. The van der Waals surface area contributed by atoms with Gasteiger partial charge in [-0.05, 0) is 43.7 Å². The van der Waals surface area contributed by atoms with Crippen LogP contribution in [0.25, 0.3) is 0 Å². The Bertz CT molecular complexity index is 838. The molecule has 1 amide bonds. The predicted octanol–water partition coefficient (Wildman–Crippen LogP) is 2.81. The topological polar surface area (TPSA) is 77.1 Å². The number of methoxy groups -OCH3 is 2. The van der Waals surface area contributed by atoms with E-state index in [1.54, 1.807) is 18.2 Å². The molecule has 0 atom stereocenters. The lowest BCUT2D eigenvalue weighted by Crippen LogP contribution is -2.36. The first-order valence-electron chi connectivity index (χ1n) is 9.46. The van der Waals surface area contributed by atoms with Crippen LogP contribution in [0, 0.1) is 6.92 Å². The normalized spacial score (nSPS) is 10.2. The molecule has 0 aliphatic carbocycles. The monoisotopic (exact) mass is 400 g/mol. The van der Waals surface area contributed by atoms with Gasteiger partial charge >= 0.3 is 5.97 Å². The summed E-state index contributed by atoms with van der Waals surface area (Å²) in [5, 5.41) is 2.78. The number of carbonyl (C=O) groups is 2. The lowest BCUT2D eigenvalue weighted by atomic mass is 10.2. The van der Waals surface area contributed by atoms with Gasteiger partial charge in [-0.2, -0.15) is 0 Å². The minimum absolute atomic E-state index is 0.205. The summed E-state index contributed by atoms with van der Waals surface area (Å²) in [7, 11) is 2.92. The van der Waals surface area contributed by atoms with Crippen molar-refractivity contribution >= 4 is 17.6 Å². The molecule has 0 bridgehead atoms. The summed E-state index contributed by atoms with van der Waals surface area (Å²) in [4.78, 5) is 26.5. The van der Waals surface area contributed by atoms with Crippen LogP contribution in [0.5, 0.6) is 11.5 Å². The van der Waals surface area contributed by atoms with Crippen molar-refractivity contribution in [2.75, 3.05) is 45.4 Å². The third kappa shape index (κ3) is 6.14. The van der Waals surface area contributed by atoms with E-state index in [9.17, 15) is 9.59 Å². The molecule has 0 radical (unpaired) electrons. The number of aryl methyl sites for hydroxylation is 1. The molecule has 0 saturated heterocycles. The summed E-state index contributed by atoms with van der Waals surface area (Å²) in [6.45, 7) is 5.67. The standard InChI is InChI=1S/C22H28N2O5/c1-5-24(17-9-6-8-16(2)14-17)13-12-23-20(25)15-29-22(26)18-10-7-11-19(27-3)21(18)28-4/h6-11,14H,5,12-13,15H2,1-4H3,(H,23,25). The van der Waals surface area contributed by atoms with Crippen molar-refractivity contribution in [1.29, 1.82) is 0 Å². The van der Waals surface area contributed by atoms with E-state index in [2.05, 4.69) is 23.2 Å². The highest BCUT2D eigenvalue weighted by Crippen LogP contribution is 2.31. The largest absolute Gasteiger partial charge is 0.493 e. The van der Waals surface area contributed by atoms with E-state index in [0.29, 0.717) is 18.8 Å². The van der Waals surface area contributed by atoms with Crippen LogP contribution >= 0.6 is 0 Å². The quantitative estimate of drug-likeness (QED) is 0.618. The number of hydrogen-bond donors (Lipinski definition) is 1. The number of nitrogens with one attached hydrogen (secondary N) is 1. The highest BCUT2D eigenvalue weighted by molar-refractivity contribution is 5.94. The van der Waals surface area contributed by atoms with Crippen LogP contribution in [0.3, 0.4) is 0 Å². The molecule has 0 fully saturated rings. The van der Waals surface area contributed by atoms with Crippen molar-refractivity contribution in [3.05, 3.63) is 53.6 Å². The summed E-state index contributed by atoms with van der Waals surface area (Å²) < 4.78 is 15.5. The smallest absolute Gasteiger partial charge is 0.342 e. The maximum atomic E-state index is 12.3. The van der Waals surface area contributed by atoms with Crippen LogP contribution in [-0.4, -0.2) is 52.3 Å². The minimum Gasteiger partial charge on any atom is -0.493 e. The molecular weight excluding hydrogens is 372 g/mol. The number of carbonyl (C=O) groups excluding carboxylic acids is 2.